The van der Waals surface area contributed by atoms with Crippen LogP contribution in [0.15, 0.2) is 30.3 Å². The number of aliphatic hydroxyl groups is 2. The third kappa shape index (κ3) is 15.9. The lowest BCUT2D eigenvalue weighted by Gasteiger charge is -2.31. The molecule has 0 spiro atoms. The number of likely N-dealkylation sites (tertiary alicyclic amines) is 1. The van der Waals surface area contributed by atoms with Gasteiger partial charge in [0.15, 0.2) is 11.6 Å². The van der Waals surface area contributed by atoms with Crippen LogP contribution in [0, 0.1) is 28.1 Å². The molecular formula is C39H67N3O8. The Hall–Kier alpha value is -2.99. The number of rotatable bonds is 11. The molecule has 0 aromatic heterocycles. The standard InChI is InChI=1S/C17H24O4.C13H24N2O3.C9H19NO/c1-12(18)14(16(20)17(2,3)4)10-15(19)21-11-13-8-6-5-7-9-13;1-8(16)10(14)12(18)15-7-5-6-9(15)11(17)13(2,3)4;1-6(2)7(10)8(11)9(3,4)5/h5-9,12,14,18H,10-11H2,1-4H3;8-10,16H,5-7,14H2,1-4H3;6-7H,10H2,1-5H3. The van der Waals surface area contributed by atoms with Gasteiger partial charge < -0.3 is 31.3 Å². The van der Waals surface area contributed by atoms with Gasteiger partial charge in [-0.1, -0.05) is 106 Å². The molecule has 286 valence electrons. The SMILES string of the molecule is CC(C)C(N)C(=O)C(C)(C)C.CC(O)C(CC(=O)OCc1ccccc1)C(=O)C(C)(C)C.CC(O)C(N)C(=O)N1CCCC1C(=O)C(C)(C)C. The number of carbonyl (C=O) groups is 5. The van der Waals surface area contributed by atoms with Gasteiger partial charge in [0.05, 0.1) is 36.6 Å². The highest BCUT2D eigenvalue weighted by atomic mass is 16.5. The van der Waals surface area contributed by atoms with Crippen molar-refractivity contribution in [3.8, 4) is 0 Å². The molecule has 2 rings (SSSR count). The zero-order valence-corrected chi connectivity index (χ0v) is 32.9. The maximum atomic E-state index is 12.3. The van der Waals surface area contributed by atoms with E-state index in [0.29, 0.717) is 13.0 Å². The van der Waals surface area contributed by atoms with Gasteiger partial charge in [-0.25, -0.2) is 0 Å². The molecule has 0 radical (unpaired) electrons. The summed E-state index contributed by atoms with van der Waals surface area (Å²) in [6.45, 7) is 24.3. The van der Waals surface area contributed by atoms with Crippen molar-refractivity contribution < 1.29 is 38.9 Å². The molecule has 6 atom stereocenters. The number of aliphatic hydroxyl groups excluding tert-OH is 2. The Morgan fingerprint density at radius 2 is 1.28 bits per heavy atom. The zero-order chi connectivity index (χ0) is 39.4. The Morgan fingerprint density at radius 3 is 1.66 bits per heavy atom. The Kier molecular flexibility index (Phi) is 18.9. The van der Waals surface area contributed by atoms with Crippen LogP contribution >= 0.6 is 0 Å². The molecule has 11 nitrogen and oxygen atoms in total. The van der Waals surface area contributed by atoms with E-state index < -0.39 is 41.0 Å². The number of hydrogen-bond acceptors (Lipinski definition) is 10. The van der Waals surface area contributed by atoms with Gasteiger partial charge in [-0.3, -0.25) is 24.0 Å². The molecule has 0 saturated carbocycles. The number of nitrogens with two attached hydrogens (primary N) is 2. The number of nitrogens with zero attached hydrogens (tertiary/aromatic N) is 1. The summed E-state index contributed by atoms with van der Waals surface area (Å²) < 4.78 is 5.17. The predicted molar refractivity (Wildman–Crippen MR) is 197 cm³/mol. The van der Waals surface area contributed by atoms with E-state index in [1.165, 1.54) is 18.7 Å². The average Bonchev–Trinajstić information content (AvgIpc) is 3.49. The van der Waals surface area contributed by atoms with Crippen LogP contribution in [0.2, 0.25) is 0 Å². The molecule has 1 heterocycles. The van der Waals surface area contributed by atoms with Gasteiger partial charge in [-0.05, 0) is 38.2 Å². The van der Waals surface area contributed by atoms with E-state index in [0.717, 1.165) is 12.0 Å². The molecule has 0 bridgehead atoms. The van der Waals surface area contributed by atoms with Crippen molar-refractivity contribution in [2.45, 2.75) is 146 Å². The highest BCUT2D eigenvalue weighted by Crippen LogP contribution is 2.28. The molecule has 11 heteroatoms. The van der Waals surface area contributed by atoms with Gasteiger partial charge in [-0.15, -0.1) is 0 Å². The van der Waals surface area contributed by atoms with Crippen molar-refractivity contribution in [2.75, 3.05) is 6.54 Å². The summed E-state index contributed by atoms with van der Waals surface area (Å²) in [5.74, 6) is -1.21. The lowest BCUT2D eigenvalue weighted by atomic mass is 9.79. The number of ether oxygens (including phenoxy) is 1. The maximum absolute atomic E-state index is 12.3. The quantitative estimate of drug-likeness (QED) is 0.237. The van der Waals surface area contributed by atoms with Crippen LogP contribution in [0.25, 0.3) is 0 Å². The van der Waals surface area contributed by atoms with Crippen molar-refractivity contribution in [3.05, 3.63) is 35.9 Å². The van der Waals surface area contributed by atoms with Crippen LogP contribution in [0.1, 0.15) is 115 Å². The fourth-order valence-electron chi connectivity index (χ4n) is 5.02. The molecule has 1 aliphatic heterocycles. The molecule has 1 fully saturated rings. The molecule has 1 saturated heterocycles. The summed E-state index contributed by atoms with van der Waals surface area (Å²) in [4.78, 5) is 61.5. The van der Waals surface area contributed by atoms with Crippen molar-refractivity contribution in [1.29, 1.82) is 0 Å². The second-order valence-corrected chi connectivity index (χ2v) is 16.8. The number of carbonyl (C=O) groups excluding carboxylic acids is 5. The van der Waals surface area contributed by atoms with E-state index in [4.69, 9.17) is 16.2 Å². The minimum Gasteiger partial charge on any atom is -0.461 e. The van der Waals surface area contributed by atoms with Crippen molar-refractivity contribution in [3.63, 3.8) is 0 Å². The molecule has 6 N–H and O–H groups in total. The van der Waals surface area contributed by atoms with Crippen molar-refractivity contribution >= 4 is 29.2 Å². The van der Waals surface area contributed by atoms with Crippen molar-refractivity contribution in [2.24, 2.45) is 39.5 Å². The monoisotopic (exact) mass is 705 g/mol. The predicted octanol–water partition coefficient (Wildman–Crippen LogP) is 4.62. The summed E-state index contributed by atoms with van der Waals surface area (Å²) >= 11 is 0. The van der Waals surface area contributed by atoms with Gasteiger partial charge in [0.2, 0.25) is 5.91 Å². The molecule has 6 unspecified atom stereocenters. The van der Waals surface area contributed by atoms with E-state index in [2.05, 4.69) is 0 Å². The number of Topliss-reactive ketones (excluding diaryl/α,β-unsaturated/α-hetero) is 3. The van der Waals surface area contributed by atoms with Gasteiger partial charge in [0.1, 0.15) is 18.4 Å². The fraction of sp³-hybridized carbons (Fsp3) is 0.718. The summed E-state index contributed by atoms with van der Waals surface area (Å²) in [5, 5.41) is 19.1. The topological polar surface area (TPSA) is 190 Å². The third-order valence-corrected chi connectivity index (χ3v) is 8.43. The lowest BCUT2D eigenvalue weighted by Crippen LogP contribution is -2.53. The number of amides is 1. The Bertz CT molecular complexity index is 1240. The van der Waals surface area contributed by atoms with E-state index in [1.807, 2.05) is 85.7 Å². The first kappa shape index (κ1) is 47.0. The van der Waals surface area contributed by atoms with E-state index in [-0.39, 0.29) is 59.7 Å². The minimum atomic E-state index is -0.946. The lowest BCUT2D eigenvalue weighted by molar-refractivity contribution is -0.151. The van der Waals surface area contributed by atoms with Crippen LogP contribution in [0.5, 0.6) is 0 Å². The molecule has 0 aliphatic carbocycles. The molecule has 1 aliphatic rings. The Morgan fingerprint density at radius 1 is 0.780 bits per heavy atom. The second kappa shape index (κ2) is 20.2. The van der Waals surface area contributed by atoms with Crippen LogP contribution in [0.4, 0.5) is 0 Å². The van der Waals surface area contributed by atoms with Gasteiger partial charge >= 0.3 is 5.97 Å². The summed E-state index contributed by atoms with van der Waals surface area (Å²) in [6, 6.07) is 7.70. The molecule has 1 aromatic carbocycles. The Balaban J connectivity index is 0.000000756. The molecule has 50 heavy (non-hydrogen) atoms. The van der Waals surface area contributed by atoms with Gasteiger partial charge in [-0.2, -0.15) is 0 Å². The minimum absolute atomic E-state index is 0.0612. The molecule has 1 aromatic rings. The first-order chi connectivity index (χ1) is 22.6. The number of esters is 1. The van der Waals surface area contributed by atoms with Crippen LogP contribution < -0.4 is 11.5 Å². The number of benzene rings is 1. The smallest absolute Gasteiger partial charge is 0.306 e. The van der Waals surface area contributed by atoms with Crippen LogP contribution in [0.3, 0.4) is 0 Å². The van der Waals surface area contributed by atoms with E-state index >= 15 is 0 Å². The van der Waals surface area contributed by atoms with Gasteiger partial charge in [0.25, 0.3) is 0 Å². The average molecular weight is 706 g/mol. The van der Waals surface area contributed by atoms with Gasteiger partial charge in [0, 0.05) is 22.8 Å². The largest absolute Gasteiger partial charge is 0.461 e. The maximum Gasteiger partial charge on any atom is 0.306 e. The summed E-state index contributed by atoms with van der Waals surface area (Å²) in [6.07, 6.45) is -0.371. The summed E-state index contributed by atoms with van der Waals surface area (Å²) in [5.41, 5.74) is 10.9. The van der Waals surface area contributed by atoms with Crippen molar-refractivity contribution in [1.82, 2.24) is 4.90 Å². The Labute approximate surface area is 300 Å². The van der Waals surface area contributed by atoms with E-state index in [9.17, 15) is 34.2 Å². The second-order valence-electron chi connectivity index (χ2n) is 16.8. The first-order valence-electron chi connectivity index (χ1n) is 17.6. The fourth-order valence-corrected chi connectivity index (χ4v) is 5.02. The van der Waals surface area contributed by atoms with Crippen LogP contribution in [-0.2, 0) is 35.3 Å². The highest BCUT2D eigenvalue weighted by Gasteiger charge is 2.41. The highest BCUT2D eigenvalue weighted by molar-refractivity contribution is 5.94. The van der Waals surface area contributed by atoms with E-state index in [1.54, 1.807) is 20.8 Å². The number of hydrogen-bond donors (Lipinski definition) is 4. The first-order valence-corrected chi connectivity index (χ1v) is 17.6. The van der Waals surface area contributed by atoms with Crippen LogP contribution in [-0.4, -0.2) is 81.2 Å². The third-order valence-electron chi connectivity index (χ3n) is 8.43. The molecule has 1 amide bonds. The normalized spacial score (nSPS) is 18.0. The molecular weight excluding hydrogens is 638 g/mol. The summed E-state index contributed by atoms with van der Waals surface area (Å²) in [7, 11) is 0. The number of ketones is 3. The zero-order valence-electron chi connectivity index (χ0n) is 32.9.